The molecule has 0 amide bonds. The highest BCUT2D eigenvalue weighted by Gasteiger charge is 2.10. The van der Waals surface area contributed by atoms with Crippen LogP contribution in [0.5, 0.6) is 11.6 Å². The molecule has 0 saturated carbocycles. The van der Waals surface area contributed by atoms with Gasteiger partial charge in [-0.25, -0.2) is 15.2 Å². The monoisotopic (exact) mass is 292 g/mol. The van der Waals surface area contributed by atoms with Gasteiger partial charge in [0.2, 0.25) is 5.88 Å². The van der Waals surface area contributed by atoms with Gasteiger partial charge in [0, 0.05) is 12.7 Å². The Morgan fingerprint density at radius 3 is 2.86 bits per heavy atom. The SMILES string of the molecule is CCOCc1nc(NN)cc(Oc2cccc(C)c2F)n1. The van der Waals surface area contributed by atoms with Crippen molar-refractivity contribution in [1.29, 1.82) is 0 Å². The van der Waals surface area contributed by atoms with Crippen molar-refractivity contribution in [2.75, 3.05) is 12.0 Å². The zero-order valence-electron chi connectivity index (χ0n) is 11.9. The van der Waals surface area contributed by atoms with Crippen LogP contribution in [0.25, 0.3) is 0 Å². The first-order valence-corrected chi connectivity index (χ1v) is 6.49. The van der Waals surface area contributed by atoms with E-state index >= 15 is 0 Å². The highest BCUT2D eigenvalue weighted by Crippen LogP contribution is 2.26. The molecule has 0 aliphatic carbocycles. The summed E-state index contributed by atoms with van der Waals surface area (Å²) in [6, 6.07) is 6.38. The molecule has 2 aromatic rings. The number of nitrogens with one attached hydrogen (secondary N) is 1. The van der Waals surface area contributed by atoms with Crippen LogP contribution in [0.4, 0.5) is 10.2 Å². The van der Waals surface area contributed by atoms with E-state index in [9.17, 15) is 4.39 Å². The van der Waals surface area contributed by atoms with Gasteiger partial charge in [-0.15, -0.1) is 0 Å². The molecule has 7 heteroatoms. The second-order valence-corrected chi connectivity index (χ2v) is 4.28. The van der Waals surface area contributed by atoms with Gasteiger partial charge in [-0.2, -0.15) is 4.98 Å². The van der Waals surface area contributed by atoms with Crippen LogP contribution >= 0.6 is 0 Å². The Kier molecular flexibility index (Phi) is 5.02. The predicted molar refractivity (Wildman–Crippen MR) is 76.4 cm³/mol. The maximum Gasteiger partial charge on any atom is 0.224 e. The lowest BCUT2D eigenvalue weighted by Gasteiger charge is -2.10. The van der Waals surface area contributed by atoms with Crippen LogP contribution in [0.3, 0.4) is 0 Å². The largest absolute Gasteiger partial charge is 0.436 e. The summed E-state index contributed by atoms with van der Waals surface area (Å²) < 4.78 is 24.7. The maximum atomic E-state index is 13.9. The zero-order chi connectivity index (χ0) is 15.2. The molecular formula is C14H17FN4O2. The Bertz CT molecular complexity index is 622. The van der Waals surface area contributed by atoms with E-state index in [0.717, 1.165) is 0 Å². The lowest BCUT2D eigenvalue weighted by atomic mass is 10.2. The Hall–Kier alpha value is -2.25. The Labute approximate surface area is 122 Å². The minimum atomic E-state index is -0.426. The molecule has 2 rings (SSSR count). The smallest absolute Gasteiger partial charge is 0.224 e. The van der Waals surface area contributed by atoms with Crippen LogP contribution in [0.2, 0.25) is 0 Å². The van der Waals surface area contributed by atoms with Crippen molar-refractivity contribution < 1.29 is 13.9 Å². The van der Waals surface area contributed by atoms with Gasteiger partial charge in [-0.05, 0) is 25.5 Å². The summed E-state index contributed by atoms with van der Waals surface area (Å²) in [7, 11) is 0. The van der Waals surface area contributed by atoms with Gasteiger partial charge in [0.05, 0.1) is 0 Å². The van der Waals surface area contributed by atoms with Gasteiger partial charge >= 0.3 is 0 Å². The standard InChI is InChI=1S/C14H17FN4O2/c1-3-20-8-12-17-11(19-16)7-13(18-12)21-10-6-4-5-9(2)14(10)15/h4-7H,3,8,16H2,1-2H3,(H,17,18,19). The van der Waals surface area contributed by atoms with Gasteiger partial charge in [0.15, 0.2) is 17.4 Å². The van der Waals surface area contributed by atoms with E-state index in [2.05, 4.69) is 15.4 Å². The predicted octanol–water partition coefficient (Wildman–Crippen LogP) is 2.54. The number of anilines is 1. The lowest BCUT2D eigenvalue weighted by molar-refractivity contribution is 0.128. The summed E-state index contributed by atoms with van der Waals surface area (Å²) in [5.41, 5.74) is 2.91. The van der Waals surface area contributed by atoms with Crippen molar-refractivity contribution in [3.8, 4) is 11.6 Å². The molecule has 6 nitrogen and oxygen atoms in total. The zero-order valence-corrected chi connectivity index (χ0v) is 11.9. The van der Waals surface area contributed by atoms with E-state index in [-0.39, 0.29) is 18.2 Å². The number of halogens is 1. The second-order valence-electron chi connectivity index (χ2n) is 4.28. The normalized spacial score (nSPS) is 10.5. The molecule has 0 unspecified atom stereocenters. The first kappa shape index (κ1) is 15.1. The van der Waals surface area contributed by atoms with E-state index in [1.807, 2.05) is 6.92 Å². The molecule has 112 valence electrons. The number of nitrogen functional groups attached to an aromatic ring is 1. The van der Waals surface area contributed by atoms with Crippen LogP contribution in [-0.4, -0.2) is 16.6 Å². The first-order valence-electron chi connectivity index (χ1n) is 6.49. The molecule has 0 aliphatic rings. The third-order valence-electron chi connectivity index (χ3n) is 2.70. The number of nitrogens with two attached hydrogens (primary N) is 1. The van der Waals surface area contributed by atoms with E-state index < -0.39 is 5.82 Å². The van der Waals surface area contributed by atoms with Crippen LogP contribution in [0, 0.1) is 12.7 Å². The van der Waals surface area contributed by atoms with Crippen LogP contribution in [0.1, 0.15) is 18.3 Å². The van der Waals surface area contributed by atoms with Gasteiger partial charge in [0.1, 0.15) is 12.4 Å². The molecule has 3 N–H and O–H groups in total. The van der Waals surface area contributed by atoms with Crippen molar-refractivity contribution >= 4 is 5.82 Å². The molecule has 0 spiro atoms. The number of hydrogen-bond donors (Lipinski definition) is 2. The Balaban J connectivity index is 2.28. The number of hydrogen-bond acceptors (Lipinski definition) is 6. The first-order chi connectivity index (χ1) is 10.1. The number of ether oxygens (including phenoxy) is 2. The van der Waals surface area contributed by atoms with Crippen molar-refractivity contribution in [3.05, 3.63) is 41.5 Å². The average Bonchev–Trinajstić information content (AvgIpc) is 2.49. The number of aryl methyl sites for hydroxylation is 1. The van der Waals surface area contributed by atoms with E-state index in [4.69, 9.17) is 15.3 Å². The van der Waals surface area contributed by atoms with Crippen molar-refractivity contribution in [1.82, 2.24) is 9.97 Å². The molecule has 21 heavy (non-hydrogen) atoms. The molecule has 1 heterocycles. The van der Waals surface area contributed by atoms with Gasteiger partial charge in [0.25, 0.3) is 0 Å². The van der Waals surface area contributed by atoms with Crippen molar-refractivity contribution in [2.24, 2.45) is 5.84 Å². The highest BCUT2D eigenvalue weighted by molar-refractivity contribution is 5.40. The number of benzene rings is 1. The third kappa shape index (κ3) is 3.87. The summed E-state index contributed by atoms with van der Waals surface area (Å²) in [5, 5.41) is 0. The molecule has 0 atom stereocenters. The van der Waals surface area contributed by atoms with E-state index in [1.165, 1.54) is 12.1 Å². The van der Waals surface area contributed by atoms with Crippen LogP contribution in [0.15, 0.2) is 24.3 Å². The molecule has 0 aliphatic heterocycles. The fraction of sp³-hybridized carbons (Fsp3) is 0.286. The minimum absolute atomic E-state index is 0.0963. The molecule has 1 aromatic carbocycles. The molecule has 1 aromatic heterocycles. The van der Waals surface area contributed by atoms with Gasteiger partial charge in [-0.3, -0.25) is 0 Å². The number of aromatic nitrogens is 2. The fourth-order valence-corrected chi connectivity index (χ4v) is 1.67. The van der Waals surface area contributed by atoms with E-state index in [0.29, 0.717) is 23.8 Å². The number of rotatable bonds is 6. The van der Waals surface area contributed by atoms with Crippen molar-refractivity contribution in [3.63, 3.8) is 0 Å². The Morgan fingerprint density at radius 1 is 1.33 bits per heavy atom. The molecular weight excluding hydrogens is 275 g/mol. The lowest BCUT2D eigenvalue weighted by Crippen LogP contribution is -2.11. The quantitative estimate of drug-likeness (QED) is 0.629. The average molecular weight is 292 g/mol. The summed E-state index contributed by atoms with van der Waals surface area (Å²) in [6.45, 7) is 4.28. The molecule has 0 fully saturated rings. The molecule has 0 bridgehead atoms. The summed E-state index contributed by atoms with van der Waals surface area (Å²) >= 11 is 0. The van der Waals surface area contributed by atoms with E-state index in [1.54, 1.807) is 19.1 Å². The Morgan fingerprint density at radius 2 is 2.14 bits per heavy atom. The van der Waals surface area contributed by atoms with Gasteiger partial charge < -0.3 is 14.9 Å². The van der Waals surface area contributed by atoms with Crippen LogP contribution < -0.4 is 16.0 Å². The number of hydrazine groups is 1. The topological polar surface area (TPSA) is 82.3 Å². The minimum Gasteiger partial charge on any atom is -0.436 e. The maximum absolute atomic E-state index is 13.9. The van der Waals surface area contributed by atoms with Crippen LogP contribution in [-0.2, 0) is 11.3 Å². The number of nitrogens with zero attached hydrogens (tertiary/aromatic N) is 2. The van der Waals surface area contributed by atoms with Crippen molar-refractivity contribution in [2.45, 2.75) is 20.5 Å². The molecule has 0 saturated heterocycles. The molecule has 0 radical (unpaired) electrons. The summed E-state index contributed by atoms with van der Waals surface area (Å²) in [5.74, 6) is 5.98. The van der Waals surface area contributed by atoms with Gasteiger partial charge in [-0.1, -0.05) is 12.1 Å². The second kappa shape index (κ2) is 6.96. The highest BCUT2D eigenvalue weighted by atomic mass is 19.1. The third-order valence-corrected chi connectivity index (χ3v) is 2.70. The summed E-state index contributed by atoms with van der Waals surface area (Å²) in [4.78, 5) is 8.29. The summed E-state index contributed by atoms with van der Waals surface area (Å²) in [6.07, 6.45) is 0. The fourth-order valence-electron chi connectivity index (χ4n) is 1.67.